The lowest BCUT2D eigenvalue weighted by molar-refractivity contribution is -1.02. The Morgan fingerprint density at radius 2 is 1.38 bits per heavy atom. The molecule has 0 saturated carbocycles. The Kier molecular flexibility index (Phi) is 7.52. The lowest BCUT2D eigenvalue weighted by atomic mass is 9.96. The number of hydrogen-bond donors (Lipinski definition) is 3. The van der Waals surface area contributed by atoms with Gasteiger partial charge in [-0.15, -0.1) is 0 Å². The van der Waals surface area contributed by atoms with Crippen LogP contribution in [0.5, 0.6) is 5.75 Å². The molecule has 0 aliphatic carbocycles. The second-order valence-corrected chi connectivity index (χ2v) is 8.47. The van der Waals surface area contributed by atoms with Gasteiger partial charge in [-0.3, -0.25) is 0 Å². The van der Waals surface area contributed by atoms with Crippen molar-refractivity contribution in [2.24, 2.45) is 0 Å². The number of nitriles is 1. The van der Waals surface area contributed by atoms with E-state index >= 15 is 0 Å². The fraction of sp³-hybridized carbons (Fsp3) is 0.296. The fourth-order valence-electron chi connectivity index (χ4n) is 4.58. The van der Waals surface area contributed by atoms with E-state index in [9.17, 15) is 5.11 Å². The summed E-state index contributed by atoms with van der Waals surface area (Å²) in [5.74, 6) is 0.681. The van der Waals surface area contributed by atoms with Crippen molar-refractivity contribution in [1.82, 2.24) is 0 Å². The van der Waals surface area contributed by atoms with Crippen LogP contribution >= 0.6 is 0 Å². The summed E-state index contributed by atoms with van der Waals surface area (Å²) < 4.78 is 5.71. The first-order valence-corrected chi connectivity index (χ1v) is 11.3. The smallest absolute Gasteiger partial charge is 0.139 e. The van der Waals surface area contributed by atoms with Gasteiger partial charge < -0.3 is 19.6 Å². The third-order valence-electron chi connectivity index (χ3n) is 6.22. The quantitative estimate of drug-likeness (QED) is 0.498. The van der Waals surface area contributed by atoms with Crippen molar-refractivity contribution in [2.45, 2.75) is 12.1 Å². The van der Waals surface area contributed by atoms with Gasteiger partial charge >= 0.3 is 0 Å². The maximum atomic E-state index is 10.5. The van der Waals surface area contributed by atoms with E-state index in [1.165, 1.54) is 16.0 Å². The molecule has 5 heteroatoms. The Morgan fingerprint density at radius 3 is 1.91 bits per heavy atom. The lowest BCUT2D eigenvalue weighted by Crippen LogP contribution is -3.28. The van der Waals surface area contributed by atoms with Crippen molar-refractivity contribution in [3.63, 3.8) is 0 Å². The van der Waals surface area contributed by atoms with Crippen LogP contribution in [0.1, 0.15) is 22.7 Å². The van der Waals surface area contributed by atoms with E-state index in [2.05, 4.69) is 66.7 Å². The van der Waals surface area contributed by atoms with E-state index in [1.54, 1.807) is 29.2 Å². The number of aliphatic hydroxyl groups is 1. The van der Waals surface area contributed by atoms with E-state index in [0.717, 1.165) is 26.2 Å². The summed E-state index contributed by atoms with van der Waals surface area (Å²) in [7, 11) is 0. The minimum atomic E-state index is -0.513. The van der Waals surface area contributed by atoms with Gasteiger partial charge in [-0.2, -0.15) is 5.26 Å². The molecule has 164 valence electrons. The summed E-state index contributed by atoms with van der Waals surface area (Å²) in [6.45, 7) is 5.13. The number of quaternary nitrogens is 2. The minimum Gasteiger partial charge on any atom is -0.491 e. The van der Waals surface area contributed by atoms with Crippen molar-refractivity contribution < 1.29 is 19.6 Å². The van der Waals surface area contributed by atoms with E-state index in [-0.39, 0.29) is 6.61 Å². The predicted octanol–water partition coefficient (Wildman–Crippen LogP) is 0.871. The van der Waals surface area contributed by atoms with Crippen LogP contribution in [0.25, 0.3) is 0 Å². The zero-order valence-corrected chi connectivity index (χ0v) is 18.3. The standard InChI is InChI=1S/C27H29N3O2/c28-19-22-11-13-26(14-12-22)32-21-25(31)20-29-15-17-30(18-16-29)27(23-7-3-1-4-8-23)24-9-5-2-6-10-24/h1-14,25,27,31H,15-18,20-21H2/p+2/t25-/m0/s1. The Hall–Kier alpha value is -3.17. The molecule has 5 nitrogen and oxygen atoms in total. The van der Waals surface area contributed by atoms with E-state index in [1.807, 2.05) is 0 Å². The summed E-state index contributed by atoms with van der Waals surface area (Å²) in [5.41, 5.74) is 3.31. The molecule has 0 radical (unpaired) electrons. The molecule has 4 rings (SSSR count). The van der Waals surface area contributed by atoms with Gasteiger partial charge in [-0.05, 0) is 24.3 Å². The van der Waals surface area contributed by atoms with Crippen molar-refractivity contribution in [3.8, 4) is 11.8 Å². The number of hydrogen-bond acceptors (Lipinski definition) is 3. The first-order valence-electron chi connectivity index (χ1n) is 11.3. The molecule has 1 aliphatic rings. The highest BCUT2D eigenvalue weighted by Crippen LogP contribution is 2.18. The molecule has 1 fully saturated rings. The molecule has 3 aromatic rings. The average molecular weight is 430 g/mol. The topological polar surface area (TPSA) is 62.1 Å². The highest BCUT2D eigenvalue weighted by atomic mass is 16.5. The number of ether oxygens (including phenoxy) is 1. The fourth-order valence-corrected chi connectivity index (χ4v) is 4.58. The van der Waals surface area contributed by atoms with Crippen LogP contribution in [0.15, 0.2) is 84.9 Å². The van der Waals surface area contributed by atoms with E-state index in [0.29, 0.717) is 23.9 Å². The number of nitrogens with one attached hydrogen (secondary N) is 2. The molecule has 3 aromatic carbocycles. The van der Waals surface area contributed by atoms with Crippen LogP contribution in [0.4, 0.5) is 0 Å². The third kappa shape index (κ3) is 5.74. The maximum Gasteiger partial charge on any atom is 0.139 e. The molecule has 32 heavy (non-hydrogen) atoms. The molecule has 1 aliphatic heterocycles. The largest absolute Gasteiger partial charge is 0.491 e. The molecule has 0 aromatic heterocycles. The van der Waals surface area contributed by atoms with Gasteiger partial charge in [-0.25, -0.2) is 0 Å². The molecular weight excluding hydrogens is 398 g/mol. The molecule has 0 bridgehead atoms. The summed E-state index contributed by atoms with van der Waals surface area (Å²) in [6.07, 6.45) is -0.513. The highest BCUT2D eigenvalue weighted by molar-refractivity contribution is 5.34. The average Bonchev–Trinajstić information content (AvgIpc) is 2.86. The second-order valence-electron chi connectivity index (χ2n) is 8.47. The van der Waals surface area contributed by atoms with Crippen molar-refractivity contribution in [2.75, 3.05) is 39.3 Å². The highest BCUT2D eigenvalue weighted by Gasteiger charge is 2.32. The summed E-state index contributed by atoms with van der Waals surface area (Å²) in [5, 5.41) is 19.4. The number of piperazine rings is 1. The van der Waals surface area contributed by atoms with Crippen molar-refractivity contribution in [1.29, 1.82) is 5.26 Å². The summed E-state index contributed by atoms with van der Waals surface area (Å²) >= 11 is 0. The first-order chi connectivity index (χ1) is 15.7. The molecule has 0 unspecified atom stereocenters. The molecule has 3 N–H and O–H groups in total. The van der Waals surface area contributed by atoms with E-state index in [4.69, 9.17) is 10.00 Å². The van der Waals surface area contributed by atoms with Gasteiger partial charge in [0.05, 0.1) is 11.6 Å². The zero-order chi connectivity index (χ0) is 22.2. The normalized spacial score (nSPS) is 19.3. The molecule has 0 amide bonds. The summed E-state index contributed by atoms with van der Waals surface area (Å²) in [6, 6.07) is 31.0. The SMILES string of the molecule is N#Cc1ccc(OC[C@@H](O)C[NH+]2CC[NH+](C(c3ccccc3)c3ccccc3)CC2)cc1. The van der Waals surface area contributed by atoms with Crippen LogP contribution in [0.3, 0.4) is 0 Å². The van der Waals surface area contributed by atoms with Gasteiger partial charge in [0.2, 0.25) is 0 Å². The van der Waals surface area contributed by atoms with Crippen LogP contribution < -0.4 is 14.5 Å². The van der Waals surface area contributed by atoms with Crippen LogP contribution in [0, 0.1) is 11.3 Å². The Labute approximate surface area is 190 Å². The van der Waals surface area contributed by atoms with Gasteiger partial charge in [0.15, 0.2) is 0 Å². The Bertz CT molecular complexity index is 955. The van der Waals surface area contributed by atoms with Gasteiger partial charge in [0, 0.05) is 11.1 Å². The van der Waals surface area contributed by atoms with Crippen molar-refractivity contribution in [3.05, 3.63) is 102 Å². The predicted molar refractivity (Wildman–Crippen MR) is 124 cm³/mol. The summed E-state index contributed by atoms with van der Waals surface area (Å²) in [4.78, 5) is 3.00. The van der Waals surface area contributed by atoms with Crippen molar-refractivity contribution >= 4 is 0 Å². The number of aliphatic hydroxyl groups excluding tert-OH is 1. The zero-order valence-electron chi connectivity index (χ0n) is 18.3. The van der Waals surface area contributed by atoms with Gasteiger partial charge in [-0.1, -0.05) is 60.7 Å². The van der Waals surface area contributed by atoms with Crippen LogP contribution in [0.2, 0.25) is 0 Å². The molecular formula is C27H31N3O2+2. The number of benzene rings is 3. The van der Waals surface area contributed by atoms with E-state index < -0.39 is 6.10 Å². The van der Waals surface area contributed by atoms with Gasteiger partial charge in [0.25, 0.3) is 0 Å². The molecule has 0 spiro atoms. The number of nitrogens with zero attached hydrogens (tertiary/aromatic N) is 1. The molecule has 1 heterocycles. The first kappa shape index (κ1) is 22.0. The second kappa shape index (κ2) is 10.9. The monoisotopic (exact) mass is 429 g/mol. The van der Waals surface area contributed by atoms with Gasteiger partial charge in [0.1, 0.15) is 57.2 Å². The minimum absolute atomic E-state index is 0.266. The van der Waals surface area contributed by atoms with Crippen LogP contribution in [-0.4, -0.2) is 50.5 Å². The molecule has 1 saturated heterocycles. The Balaban J connectivity index is 1.31. The lowest BCUT2D eigenvalue weighted by Gasteiger charge is -2.35. The molecule has 1 atom stereocenters. The Morgan fingerprint density at radius 1 is 0.812 bits per heavy atom. The maximum absolute atomic E-state index is 10.5. The van der Waals surface area contributed by atoms with Crippen LogP contribution in [-0.2, 0) is 0 Å². The number of rotatable bonds is 8. The third-order valence-corrected chi connectivity index (χ3v) is 6.22.